The number of carbonyl (C=O) groups is 1. The second kappa shape index (κ2) is 9.32. The molecule has 0 aliphatic carbocycles. The summed E-state index contributed by atoms with van der Waals surface area (Å²) >= 11 is 0. The first kappa shape index (κ1) is 19.4. The lowest BCUT2D eigenvalue weighted by Crippen LogP contribution is -2.54. The van der Waals surface area contributed by atoms with Crippen molar-refractivity contribution in [2.45, 2.75) is 65.1 Å². The average Bonchev–Trinajstić information content (AvgIpc) is 2.36. The molecule has 2 unspecified atom stereocenters. The van der Waals surface area contributed by atoms with Crippen LogP contribution < -0.4 is 5.32 Å². The predicted molar refractivity (Wildman–Crippen MR) is 82.1 cm³/mol. The van der Waals surface area contributed by atoms with Crippen molar-refractivity contribution in [1.29, 1.82) is 0 Å². The van der Waals surface area contributed by atoms with Gasteiger partial charge in [0, 0.05) is 25.7 Å². The summed E-state index contributed by atoms with van der Waals surface area (Å²) in [6.07, 6.45) is 1.50. The van der Waals surface area contributed by atoms with E-state index in [4.69, 9.17) is 4.74 Å². The summed E-state index contributed by atoms with van der Waals surface area (Å²) in [6, 6.07) is 0.542. The van der Waals surface area contributed by atoms with Crippen LogP contribution in [-0.4, -0.2) is 60.4 Å². The Kier molecular flexibility index (Phi) is 9.01. The van der Waals surface area contributed by atoms with E-state index in [9.17, 15) is 9.90 Å². The summed E-state index contributed by atoms with van der Waals surface area (Å²) in [4.78, 5) is 13.9. The lowest BCUT2D eigenvalue weighted by molar-refractivity contribution is -0.145. The molecule has 0 radical (unpaired) electrons. The third kappa shape index (κ3) is 6.20. The Morgan fingerprint density at radius 1 is 1.40 bits per heavy atom. The highest BCUT2D eigenvalue weighted by Gasteiger charge is 2.35. The Hall–Kier alpha value is -0.650. The summed E-state index contributed by atoms with van der Waals surface area (Å²) in [5.41, 5.74) is -0.879. The third-order valence-electron chi connectivity index (χ3n) is 3.72. The van der Waals surface area contributed by atoms with Crippen molar-refractivity contribution in [2.75, 3.05) is 26.8 Å². The molecule has 0 aliphatic heterocycles. The second-order valence-electron chi connectivity index (χ2n) is 5.94. The molecule has 120 valence electrons. The van der Waals surface area contributed by atoms with Crippen LogP contribution in [0.1, 0.15) is 47.5 Å². The van der Waals surface area contributed by atoms with E-state index in [1.165, 1.54) is 0 Å². The maximum atomic E-state index is 11.6. The van der Waals surface area contributed by atoms with Crippen LogP contribution in [0.25, 0.3) is 0 Å². The van der Waals surface area contributed by atoms with E-state index in [2.05, 4.69) is 31.0 Å². The first-order chi connectivity index (χ1) is 9.28. The van der Waals surface area contributed by atoms with Crippen molar-refractivity contribution in [3.63, 3.8) is 0 Å². The molecule has 20 heavy (non-hydrogen) atoms. The molecule has 0 rings (SSSR count). The minimum atomic E-state index is -0.879. The molecular weight excluding hydrogens is 256 g/mol. The van der Waals surface area contributed by atoms with Crippen LogP contribution >= 0.6 is 0 Å². The average molecular weight is 288 g/mol. The van der Waals surface area contributed by atoms with Gasteiger partial charge in [-0.15, -0.1) is 0 Å². The molecule has 0 bridgehead atoms. The van der Waals surface area contributed by atoms with Crippen molar-refractivity contribution in [3.8, 4) is 0 Å². The molecule has 2 atom stereocenters. The number of carboxylic acids is 1. The molecule has 2 N–H and O–H groups in total. The Morgan fingerprint density at radius 2 is 2.00 bits per heavy atom. The number of rotatable bonds is 11. The Labute approximate surface area is 123 Å². The van der Waals surface area contributed by atoms with E-state index in [0.717, 1.165) is 19.5 Å². The van der Waals surface area contributed by atoms with E-state index in [0.29, 0.717) is 19.1 Å². The van der Waals surface area contributed by atoms with Gasteiger partial charge in [-0.2, -0.15) is 0 Å². The van der Waals surface area contributed by atoms with Gasteiger partial charge < -0.3 is 15.2 Å². The van der Waals surface area contributed by atoms with E-state index in [-0.39, 0.29) is 6.04 Å². The van der Waals surface area contributed by atoms with Gasteiger partial charge in [0.2, 0.25) is 0 Å². The lowest BCUT2D eigenvalue weighted by Gasteiger charge is -2.37. The zero-order chi connectivity index (χ0) is 15.8. The molecule has 0 spiro atoms. The fraction of sp³-hybridized carbons (Fsp3) is 0.933. The van der Waals surface area contributed by atoms with Crippen molar-refractivity contribution < 1.29 is 14.6 Å². The van der Waals surface area contributed by atoms with Gasteiger partial charge >= 0.3 is 5.97 Å². The number of carboxylic acid groups (broad SMARTS) is 1. The van der Waals surface area contributed by atoms with Gasteiger partial charge in [-0.05, 0) is 47.1 Å². The summed E-state index contributed by atoms with van der Waals surface area (Å²) in [6.45, 7) is 12.4. The summed E-state index contributed by atoms with van der Waals surface area (Å²) in [7, 11) is 1.69. The standard InChI is InChI=1S/C15H32N2O3/c1-7-8-16-15(5,14(18)19)11-13(4)17(12(2)3)9-10-20-6/h12-13,16H,7-11H2,1-6H3,(H,18,19). The van der Waals surface area contributed by atoms with Crippen LogP contribution in [0.4, 0.5) is 0 Å². The van der Waals surface area contributed by atoms with Crippen molar-refractivity contribution in [3.05, 3.63) is 0 Å². The normalized spacial score (nSPS) is 16.4. The molecule has 0 fully saturated rings. The SMILES string of the molecule is CCCNC(C)(CC(C)N(CCOC)C(C)C)C(=O)O. The van der Waals surface area contributed by atoms with E-state index in [1.807, 2.05) is 6.92 Å². The Bertz CT molecular complexity index is 284. The third-order valence-corrected chi connectivity index (χ3v) is 3.72. The van der Waals surface area contributed by atoms with Crippen LogP contribution in [0.5, 0.6) is 0 Å². The number of hydrogen-bond acceptors (Lipinski definition) is 4. The molecule has 0 aliphatic rings. The van der Waals surface area contributed by atoms with Crippen LogP contribution in [-0.2, 0) is 9.53 Å². The minimum absolute atomic E-state index is 0.176. The molecule has 5 nitrogen and oxygen atoms in total. The van der Waals surface area contributed by atoms with E-state index in [1.54, 1.807) is 14.0 Å². The smallest absolute Gasteiger partial charge is 0.323 e. The highest BCUT2D eigenvalue weighted by atomic mass is 16.5. The topological polar surface area (TPSA) is 61.8 Å². The Morgan fingerprint density at radius 3 is 2.40 bits per heavy atom. The van der Waals surface area contributed by atoms with E-state index >= 15 is 0 Å². The van der Waals surface area contributed by atoms with Crippen LogP contribution in [0.15, 0.2) is 0 Å². The lowest BCUT2D eigenvalue weighted by atomic mass is 9.92. The van der Waals surface area contributed by atoms with Gasteiger partial charge in [-0.3, -0.25) is 9.69 Å². The fourth-order valence-electron chi connectivity index (χ4n) is 2.53. The number of aliphatic carboxylic acids is 1. The van der Waals surface area contributed by atoms with Gasteiger partial charge in [-0.25, -0.2) is 0 Å². The number of nitrogens with zero attached hydrogens (tertiary/aromatic N) is 1. The van der Waals surface area contributed by atoms with Gasteiger partial charge in [0.1, 0.15) is 5.54 Å². The van der Waals surface area contributed by atoms with Gasteiger partial charge in [0.25, 0.3) is 0 Å². The number of ether oxygens (including phenoxy) is 1. The van der Waals surface area contributed by atoms with Gasteiger partial charge in [-0.1, -0.05) is 6.92 Å². The highest BCUT2D eigenvalue weighted by molar-refractivity contribution is 5.78. The summed E-state index contributed by atoms with van der Waals surface area (Å²) < 4.78 is 5.14. The minimum Gasteiger partial charge on any atom is -0.480 e. The fourth-order valence-corrected chi connectivity index (χ4v) is 2.53. The maximum absolute atomic E-state index is 11.6. The van der Waals surface area contributed by atoms with Crippen LogP contribution in [0.3, 0.4) is 0 Å². The zero-order valence-corrected chi connectivity index (χ0v) is 13.9. The largest absolute Gasteiger partial charge is 0.480 e. The molecule has 0 amide bonds. The zero-order valence-electron chi connectivity index (χ0n) is 13.9. The molecule has 0 saturated heterocycles. The summed E-state index contributed by atoms with van der Waals surface area (Å²) in [5.74, 6) is -0.784. The van der Waals surface area contributed by atoms with Crippen molar-refractivity contribution in [1.82, 2.24) is 10.2 Å². The van der Waals surface area contributed by atoms with Gasteiger partial charge in [0.15, 0.2) is 0 Å². The molecule has 0 aromatic heterocycles. The highest BCUT2D eigenvalue weighted by Crippen LogP contribution is 2.19. The number of nitrogens with one attached hydrogen (secondary N) is 1. The van der Waals surface area contributed by atoms with Crippen LogP contribution in [0.2, 0.25) is 0 Å². The van der Waals surface area contributed by atoms with Crippen LogP contribution in [0, 0.1) is 0 Å². The molecular formula is C15H32N2O3. The second-order valence-corrected chi connectivity index (χ2v) is 5.94. The van der Waals surface area contributed by atoms with Crippen molar-refractivity contribution in [2.24, 2.45) is 0 Å². The molecule has 0 aromatic carbocycles. The number of methoxy groups -OCH3 is 1. The Balaban J connectivity index is 4.77. The van der Waals surface area contributed by atoms with Gasteiger partial charge in [0.05, 0.1) is 6.61 Å². The maximum Gasteiger partial charge on any atom is 0.323 e. The van der Waals surface area contributed by atoms with Crippen molar-refractivity contribution >= 4 is 5.97 Å². The summed E-state index contributed by atoms with van der Waals surface area (Å²) in [5, 5.41) is 12.7. The predicted octanol–water partition coefficient (Wildman–Crippen LogP) is 1.96. The molecule has 0 saturated carbocycles. The monoisotopic (exact) mass is 288 g/mol. The first-order valence-electron chi connectivity index (χ1n) is 7.51. The molecule has 0 aromatic rings. The number of hydrogen-bond donors (Lipinski definition) is 2. The molecule has 5 heteroatoms. The quantitative estimate of drug-likeness (QED) is 0.608. The van der Waals surface area contributed by atoms with E-state index < -0.39 is 11.5 Å². The first-order valence-corrected chi connectivity index (χ1v) is 7.51. The molecule has 0 heterocycles.